The van der Waals surface area contributed by atoms with E-state index in [0.29, 0.717) is 16.8 Å². The molecule has 10 heteroatoms. The number of rotatable bonds is 14. The van der Waals surface area contributed by atoms with Crippen molar-refractivity contribution in [3.05, 3.63) is 39.8 Å². The molecule has 0 fully saturated rings. The van der Waals surface area contributed by atoms with Crippen LogP contribution in [0.2, 0.25) is 0 Å². The van der Waals surface area contributed by atoms with E-state index in [0.717, 1.165) is 47.5 Å². The van der Waals surface area contributed by atoms with Crippen LogP contribution >= 0.6 is 23.6 Å². The molecule has 0 saturated carbocycles. The topological polar surface area (TPSA) is 121 Å². The summed E-state index contributed by atoms with van der Waals surface area (Å²) < 4.78 is 0.361. The molecule has 1 aromatic heterocycles. The minimum atomic E-state index is -0.935. The van der Waals surface area contributed by atoms with Crippen LogP contribution in [0.15, 0.2) is 30.3 Å². The van der Waals surface area contributed by atoms with Crippen molar-refractivity contribution in [3.63, 3.8) is 0 Å². The first kappa shape index (κ1) is 28.8. The van der Waals surface area contributed by atoms with Gasteiger partial charge in [-0.1, -0.05) is 94.5 Å². The van der Waals surface area contributed by atoms with Crippen LogP contribution in [0.3, 0.4) is 0 Å². The second-order valence-corrected chi connectivity index (χ2v) is 10.7. The summed E-state index contributed by atoms with van der Waals surface area (Å²) in [5.74, 6) is -1.60. The second-order valence-electron chi connectivity index (χ2n) is 9.01. The molecule has 0 aliphatic carbocycles. The lowest BCUT2D eigenvalue weighted by Crippen LogP contribution is -2.56. The number of benzene rings is 1. The van der Waals surface area contributed by atoms with Crippen molar-refractivity contribution in [2.75, 3.05) is 4.90 Å². The van der Waals surface area contributed by atoms with Gasteiger partial charge in [-0.05, 0) is 36.5 Å². The molecule has 0 aliphatic heterocycles. The zero-order valence-corrected chi connectivity index (χ0v) is 22.4. The van der Waals surface area contributed by atoms with Gasteiger partial charge in [-0.2, -0.15) is 0 Å². The van der Waals surface area contributed by atoms with E-state index in [2.05, 4.69) is 22.4 Å². The molecular weight excluding hydrogens is 482 g/mol. The first-order chi connectivity index (χ1) is 16.7. The number of unbranched alkanes of at least 4 members (excludes halogenated alkanes) is 5. The lowest BCUT2D eigenvalue weighted by Gasteiger charge is -2.28. The molecule has 2 rings (SSSR count). The lowest BCUT2D eigenvalue weighted by atomic mass is 10.0. The van der Waals surface area contributed by atoms with Crippen molar-refractivity contribution in [1.82, 2.24) is 15.5 Å². The van der Waals surface area contributed by atoms with Crippen molar-refractivity contribution in [1.29, 1.82) is 0 Å². The van der Waals surface area contributed by atoms with Crippen molar-refractivity contribution < 1.29 is 14.4 Å². The number of H-pyrrole nitrogens is 1. The van der Waals surface area contributed by atoms with Gasteiger partial charge in [0.1, 0.15) is 6.04 Å². The quantitative estimate of drug-likeness (QED) is 0.249. The van der Waals surface area contributed by atoms with E-state index in [9.17, 15) is 14.4 Å². The average Bonchev–Trinajstić information content (AvgIpc) is 3.25. The van der Waals surface area contributed by atoms with Gasteiger partial charge in [-0.15, -0.1) is 5.10 Å². The predicted molar refractivity (Wildman–Crippen MR) is 143 cm³/mol. The van der Waals surface area contributed by atoms with Gasteiger partial charge < -0.3 is 11.1 Å². The highest BCUT2D eigenvalue weighted by Gasteiger charge is 2.35. The standard InChI is InChI=1S/C25H37N5O3S2/c1-4-5-6-7-8-12-15-20(31)30(24-28-29-25(34)35-24)23(33)21(17(2)3)27-22(32)19(26)16-18-13-10-9-11-14-18/h9-11,13-14,17,19,21H,4-8,12,15-16,26H2,1-3H3,(H,27,32)(H,29,34)/t19-,21-/m0/s1. The molecule has 192 valence electrons. The van der Waals surface area contributed by atoms with Gasteiger partial charge >= 0.3 is 0 Å². The highest BCUT2D eigenvalue weighted by Crippen LogP contribution is 2.22. The monoisotopic (exact) mass is 519 g/mol. The Hall–Kier alpha value is -2.43. The highest BCUT2D eigenvalue weighted by atomic mass is 32.1. The lowest BCUT2D eigenvalue weighted by molar-refractivity contribution is -0.132. The summed E-state index contributed by atoms with van der Waals surface area (Å²) in [6.45, 7) is 5.78. The molecule has 8 nitrogen and oxygen atoms in total. The number of carbonyl (C=O) groups is 3. The number of amides is 3. The van der Waals surface area contributed by atoms with Crippen LogP contribution in [-0.4, -0.2) is 40.0 Å². The van der Waals surface area contributed by atoms with Gasteiger partial charge in [-0.3, -0.25) is 19.5 Å². The summed E-state index contributed by atoms with van der Waals surface area (Å²) in [6.07, 6.45) is 6.69. The maximum absolute atomic E-state index is 13.6. The maximum Gasteiger partial charge on any atom is 0.258 e. The van der Waals surface area contributed by atoms with Crippen LogP contribution < -0.4 is 16.0 Å². The third-order valence-electron chi connectivity index (χ3n) is 5.70. The van der Waals surface area contributed by atoms with E-state index in [1.165, 1.54) is 6.42 Å². The molecule has 0 radical (unpaired) electrons. The third kappa shape index (κ3) is 9.27. The van der Waals surface area contributed by atoms with Gasteiger partial charge in [0.2, 0.25) is 16.9 Å². The second kappa shape index (κ2) is 14.9. The summed E-state index contributed by atoms with van der Waals surface area (Å²) >= 11 is 6.17. The number of hydrogen-bond donors (Lipinski definition) is 3. The fourth-order valence-electron chi connectivity index (χ4n) is 3.68. The van der Waals surface area contributed by atoms with E-state index < -0.39 is 23.9 Å². The molecule has 0 saturated heterocycles. The van der Waals surface area contributed by atoms with Crippen LogP contribution in [0.1, 0.15) is 71.3 Å². The van der Waals surface area contributed by atoms with Crippen molar-refractivity contribution in [3.8, 4) is 0 Å². The number of nitrogens with zero attached hydrogens (tertiary/aromatic N) is 2. The molecule has 35 heavy (non-hydrogen) atoms. The fourth-order valence-corrected chi connectivity index (χ4v) is 4.58. The Labute approximate surface area is 216 Å². The van der Waals surface area contributed by atoms with E-state index >= 15 is 0 Å². The summed E-state index contributed by atoms with van der Waals surface area (Å²) in [5.41, 5.74) is 7.06. The number of aromatic nitrogens is 2. The van der Waals surface area contributed by atoms with Gasteiger partial charge in [0.15, 0.2) is 3.95 Å². The normalized spacial score (nSPS) is 12.8. The fraction of sp³-hybridized carbons (Fsp3) is 0.560. The minimum absolute atomic E-state index is 0.185. The predicted octanol–water partition coefficient (Wildman–Crippen LogP) is 4.52. The SMILES string of the molecule is CCCCCCCCC(=O)N(C(=O)[C@@H](NC(=O)[C@@H](N)Cc1ccccc1)C(C)C)c1n[nH]c(=S)s1. The Kier molecular flexibility index (Phi) is 12.2. The largest absolute Gasteiger partial charge is 0.343 e. The van der Waals surface area contributed by atoms with E-state index in [1.54, 1.807) is 0 Å². The van der Waals surface area contributed by atoms with E-state index in [4.69, 9.17) is 18.0 Å². The first-order valence-electron chi connectivity index (χ1n) is 12.3. The number of aromatic amines is 1. The van der Waals surface area contributed by atoms with Gasteiger partial charge in [0.05, 0.1) is 6.04 Å². The number of anilines is 1. The Morgan fingerprint density at radius 3 is 2.37 bits per heavy atom. The summed E-state index contributed by atoms with van der Waals surface area (Å²) in [7, 11) is 0. The van der Waals surface area contributed by atoms with Gasteiger partial charge in [0, 0.05) is 6.42 Å². The molecule has 0 unspecified atom stereocenters. The molecule has 3 amide bonds. The van der Waals surface area contributed by atoms with Crippen LogP contribution in [0.25, 0.3) is 0 Å². The smallest absolute Gasteiger partial charge is 0.258 e. The highest BCUT2D eigenvalue weighted by molar-refractivity contribution is 7.73. The molecule has 0 spiro atoms. The Morgan fingerprint density at radius 2 is 1.77 bits per heavy atom. The number of hydrogen-bond acceptors (Lipinski definition) is 7. The number of imide groups is 1. The van der Waals surface area contributed by atoms with E-state index in [1.807, 2.05) is 44.2 Å². The summed E-state index contributed by atoms with van der Waals surface area (Å²) in [5, 5.41) is 9.67. The summed E-state index contributed by atoms with van der Waals surface area (Å²) in [4.78, 5) is 40.7. The molecule has 0 bridgehead atoms. The zero-order chi connectivity index (χ0) is 25.8. The number of nitrogens with two attached hydrogens (primary N) is 1. The molecule has 0 aliphatic rings. The Balaban J connectivity index is 2.12. The Bertz CT molecular complexity index is 1010. The molecule has 2 aromatic rings. The average molecular weight is 520 g/mol. The molecule has 4 N–H and O–H groups in total. The Morgan fingerprint density at radius 1 is 1.11 bits per heavy atom. The van der Waals surface area contributed by atoms with Crippen LogP contribution in [0.4, 0.5) is 5.13 Å². The molecule has 1 aromatic carbocycles. The molecule has 1 heterocycles. The third-order valence-corrected chi connectivity index (χ3v) is 6.77. The zero-order valence-electron chi connectivity index (χ0n) is 20.8. The number of carbonyl (C=O) groups excluding carboxylic acids is 3. The number of nitrogens with one attached hydrogen (secondary N) is 2. The van der Waals surface area contributed by atoms with Crippen molar-refractivity contribution >= 4 is 46.4 Å². The maximum atomic E-state index is 13.6. The van der Waals surface area contributed by atoms with Gasteiger partial charge in [0.25, 0.3) is 5.91 Å². The van der Waals surface area contributed by atoms with Crippen LogP contribution in [-0.2, 0) is 20.8 Å². The van der Waals surface area contributed by atoms with Crippen molar-refractivity contribution in [2.24, 2.45) is 11.7 Å². The summed E-state index contributed by atoms with van der Waals surface area (Å²) in [6, 6.07) is 7.68. The van der Waals surface area contributed by atoms with Crippen LogP contribution in [0, 0.1) is 9.87 Å². The first-order valence-corrected chi connectivity index (χ1v) is 13.5. The van der Waals surface area contributed by atoms with Crippen LogP contribution in [0.5, 0.6) is 0 Å². The molecule has 2 atom stereocenters. The molecular formula is C25H37N5O3S2. The van der Waals surface area contributed by atoms with Gasteiger partial charge in [-0.25, -0.2) is 4.90 Å². The minimum Gasteiger partial charge on any atom is -0.343 e. The van der Waals surface area contributed by atoms with E-state index in [-0.39, 0.29) is 23.4 Å². The van der Waals surface area contributed by atoms with Crippen molar-refractivity contribution in [2.45, 2.75) is 84.2 Å².